The van der Waals surface area contributed by atoms with Crippen molar-refractivity contribution >= 4 is 5.78 Å². The maximum Gasteiger partial charge on any atom is 0.187 e. The molecule has 1 aliphatic heterocycles. The first-order chi connectivity index (χ1) is 9.65. The minimum absolute atomic E-state index is 0.0626. The van der Waals surface area contributed by atoms with Gasteiger partial charge in [-0.1, -0.05) is 38.1 Å². The van der Waals surface area contributed by atoms with E-state index in [1.807, 2.05) is 18.3 Å². The van der Waals surface area contributed by atoms with E-state index in [0.717, 1.165) is 38.3 Å². The number of benzene rings is 1. The molecule has 0 aliphatic carbocycles. The van der Waals surface area contributed by atoms with Gasteiger partial charge in [-0.2, -0.15) is 0 Å². The average molecular weight is 273 g/mol. The van der Waals surface area contributed by atoms with Crippen molar-refractivity contribution in [2.45, 2.75) is 20.3 Å². The molecule has 3 heteroatoms. The maximum atomic E-state index is 12.1. The fourth-order valence-corrected chi connectivity index (χ4v) is 2.27. The maximum absolute atomic E-state index is 12.1. The van der Waals surface area contributed by atoms with Gasteiger partial charge in [-0.3, -0.25) is 4.79 Å². The Morgan fingerprint density at radius 3 is 2.50 bits per heavy atom. The molecule has 0 N–H and O–H groups in total. The van der Waals surface area contributed by atoms with Gasteiger partial charge in [0.2, 0.25) is 0 Å². The molecule has 1 aromatic carbocycles. The van der Waals surface area contributed by atoms with E-state index in [2.05, 4.69) is 30.9 Å². The lowest BCUT2D eigenvalue weighted by Gasteiger charge is -2.24. The predicted molar refractivity (Wildman–Crippen MR) is 80.8 cm³/mol. The number of ether oxygens (including phenoxy) is 1. The minimum Gasteiger partial charge on any atom is -0.378 e. The van der Waals surface area contributed by atoms with Crippen molar-refractivity contribution in [1.29, 1.82) is 0 Å². The van der Waals surface area contributed by atoms with E-state index in [1.165, 1.54) is 5.56 Å². The summed E-state index contributed by atoms with van der Waals surface area (Å²) in [5, 5.41) is 0. The van der Waals surface area contributed by atoms with Gasteiger partial charge < -0.3 is 9.64 Å². The molecular formula is C17H23NO2. The molecule has 3 nitrogen and oxygen atoms in total. The molecule has 0 saturated carbocycles. The van der Waals surface area contributed by atoms with Crippen LogP contribution in [-0.2, 0) is 11.2 Å². The van der Waals surface area contributed by atoms with Crippen LogP contribution in [-0.4, -0.2) is 37.0 Å². The first kappa shape index (κ1) is 14.8. The lowest BCUT2D eigenvalue weighted by Crippen LogP contribution is -2.32. The molecule has 1 heterocycles. The van der Waals surface area contributed by atoms with Crippen molar-refractivity contribution in [3.05, 3.63) is 47.7 Å². The zero-order valence-electron chi connectivity index (χ0n) is 12.3. The largest absolute Gasteiger partial charge is 0.378 e. The summed E-state index contributed by atoms with van der Waals surface area (Å²) in [6.07, 6.45) is 4.59. The standard InChI is InChI=1S/C17H23NO2/c1-14(2)13-15-3-5-16(6-4-15)17(19)7-8-18-9-11-20-12-10-18/h3-8,14H,9-13H2,1-2H3/b8-7+. The van der Waals surface area contributed by atoms with Gasteiger partial charge in [0.15, 0.2) is 5.78 Å². The summed E-state index contributed by atoms with van der Waals surface area (Å²) in [4.78, 5) is 14.2. The second kappa shape index (κ2) is 7.25. The fraction of sp³-hybridized carbons (Fsp3) is 0.471. The second-order valence-electron chi connectivity index (χ2n) is 5.62. The van der Waals surface area contributed by atoms with Gasteiger partial charge in [-0.15, -0.1) is 0 Å². The number of carbonyl (C=O) groups is 1. The summed E-state index contributed by atoms with van der Waals surface area (Å²) < 4.78 is 5.28. The number of allylic oxidation sites excluding steroid dienone is 1. The van der Waals surface area contributed by atoms with E-state index in [-0.39, 0.29) is 5.78 Å². The van der Waals surface area contributed by atoms with Crippen LogP contribution in [0.3, 0.4) is 0 Å². The summed E-state index contributed by atoms with van der Waals surface area (Å²) in [5.41, 5.74) is 2.04. The Bertz CT molecular complexity index is 456. The fourth-order valence-electron chi connectivity index (χ4n) is 2.27. The van der Waals surface area contributed by atoms with Crippen LogP contribution < -0.4 is 0 Å². The normalized spacial score (nSPS) is 16.1. The van der Waals surface area contributed by atoms with Gasteiger partial charge in [0.05, 0.1) is 13.2 Å². The monoisotopic (exact) mass is 273 g/mol. The van der Waals surface area contributed by atoms with Gasteiger partial charge in [-0.25, -0.2) is 0 Å². The number of hydrogen-bond donors (Lipinski definition) is 0. The van der Waals surface area contributed by atoms with Crippen molar-refractivity contribution in [1.82, 2.24) is 4.90 Å². The van der Waals surface area contributed by atoms with E-state index >= 15 is 0 Å². The summed E-state index contributed by atoms with van der Waals surface area (Å²) >= 11 is 0. The molecule has 0 radical (unpaired) electrons. The third-order valence-corrected chi connectivity index (χ3v) is 3.36. The van der Waals surface area contributed by atoms with Crippen LogP contribution in [0.15, 0.2) is 36.5 Å². The summed E-state index contributed by atoms with van der Waals surface area (Å²) in [6.45, 7) is 7.59. The van der Waals surface area contributed by atoms with E-state index in [4.69, 9.17) is 4.74 Å². The van der Waals surface area contributed by atoms with Crippen molar-refractivity contribution in [2.24, 2.45) is 5.92 Å². The molecular weight excluding hydrogens is 250 g/mol. The molecule has 0 atom stereocenters. The highest BCUT2D eigenvalue weighted by atomic mass is 16.5. The van der Waals surface area contributed by atoms with Crippen LogP contribution in [0.2, 0.25) is 0 Å². The van der Waals surface area contributed by atoms with E-state index < -0.39 is 0 Å². The Morgan fingerprint density at radius 2 is 1.90 bits per heavy atom. The van der Waals surface area contributed by atoms with Gasteiger partial charge in [0, 0.05) is 30.9 Å². The van der Waals surface area contributed by atoms with Gasteiger partial charge >= 0.3 is 0 Å². The van der Waals surface area contributed by atoms with Crippen molar-refractivity contribution in [3.63, 3.8) is 0 Å². The molecule has 0 spiro atoms. The van der Waals surface area contributed by atoms with Crippen molar-refractivity contribution < 1.29 is 9.53 Å². The molecule has 1 saturated heterocycles. The van der Waals surface area contributed by atoms with Gasteiger partial charge in [-0.05, 0) is 17.9 Å². The minimum atomic E-state index is 0.0626. The van der Waals surface area contributed by atoms with Crippen LogP contribution >= 0.6 is 0 Å². The molecule has 0 aromatic heterocycles. The lowest BCUT2D eigenvalue weighted by molar-refractivity contribution is 0.0591. The number of hydrogen-bond acceptors (Lipinski definition) is 3. The lowest BCUT2D eigenvalue weighted by atomic mass is 10.0. The zero-order chi connectivity index (χ0) is 14.4. The third-order valence-electron chi connectivity index (χ3n) is 3.36. The Labute approximate surface area is 121 Å². The number of rotatable bonds is 5. The SMILES string of the molecule is CC(C)Cc1ccc(C(=O)/C=C/N2CCOCC2)cc1. The Balaban J connectivity index is 1.93. The molecule has 108 valence electrons. The number of carbonyl (C=O) groups excluding carboxylic acids is 1. The van der Waals surface area contributed by atoms with Gasteiger partial charge in [0.25, 0.3) is 0 Å². The van der Waals surface area contributed by atoms with E-state index in [9.17, 15) is 4.79 Å². The summed E-state index contributed by atoms with van der Waals surface area (Å²) in [6, 6.07) is 7.94. The Kier molecular flexibility index (Phi) is 5.36. The van der Waals surface area contributed by atoms with Crippen LogP contribution in [0, 0.1) is 5.92 Å². The Hall–Kier alpha value is -1.61. The third kappa shape index (κ3) is 4.49. The molecule has 2 rings (SSSR count). The van der Waals surface area contributed by atoms with Crippen LogP contribution in [0.5, 0.6) is 0 Å². The van der Waals surface area contributed by atoms with Crippen molar-refractivity contribution in [3.8, 4) is 0 Å². The zero-order valence-corrected chi connectivity index (χ0v) is 12.3. The smallest absolute Gasteiger partial charge is 0.187 e. The highest BCUT2D eigenvalue weighted by molar-refractivity contribution is 6.04. The van der Waals surface area contributed by atoms with Crippen LogP contribution in [0.4, 0.5) is 0 Å². The summed E-state index contributed by atoms with van der Waals surface area (Å²) in [5.74, 6) is 0.699. The topological polar surface area (TPSA) is 29.5 Å². The molecule has 20 heavy (non-hydrogen) atoms. The number of morpholine rings is 1. The summed E-state index contributed by atoms with van der Waals surface area (Å²) in [7, 11) is 0. The quantitative estimate of drug-likeness (QED) is 0.610. The highest BCUT2D eigenvalue weighted by Gasteiger charge is 2.07. The van der Waals surface area contributed by atoms with Crippen LogP contribution in [0.25, 0.3) is 0 Å². The molecule has 1 fully saturated rings. The Morgan fingerprint density at radius 1 is 1.25 bits per heavy atom. The van der Waals surface area contributed by atoms with E-state index in [1.54, 1.807) is 6.08 Å². The molecule has 0 unspecified atom stereocenters. The number of nitrogens with zero attached hydrogens (tertiary/aromatic N) is 1. The average Bonchev–Trinajstić information content (AvgIpc) is 2.46. The second-order valence-corrected chi connectivity index (χ2v) is 5.62. The molecule has 1 aliphatic rings. The molecule has 0 bridgehead atoms. The first-order valence-electron chi connectivity index (χ1n) is 7.28. The number of ketones is 1. The molecule has 0 amide bonds. The van der Waals surface area contributed by atoms with Gasteiger partial charge in [0.1, 0.15) is 0 Å². The first-order valence-corrected chi connectivity index (χ1v) is 7.28. The van der Waals surface area contributed by atoms with E-state index in [0.29, 0.717) is 5.92 Å². The predicted octanol–water partition coefficient (Wildman–Crippen LogP) is 2.91. The highest BCUT2D eigenvalue weighted by Crippen LogP contribution is 2.11. The molecule has 1 aromatic rings. The van der Waals surface area contributed by atoms with Crippen LogP contribution in [0.1, 0.15) is 29.8 Å². The van der Waals surface area contributed by atoms with Crippen molar-refractivity contribution in [2.75, 3.05) is 26.3 Å².